The Hall–Kier alpha value is -7.21. The Kier molecular flexibility index (Phi) is 7.64. The quantitative estimate of drug-likeness (QED) is 0.171. The number of pyridine rings is 1. The average Bonchev–Trinajstić information content (AvgIpc) is 3.86. The summed E-state index contributed by atoms with van der Waals surface area (Å²) >= 11 is 1.84. The molecule has 4 nitrogen and oxygen atoms in total. The van der Waals surface area contributed by atoms with Crippen molar-refractivity contribution in [1.29, 1.82) is 0 Å². The number of aromatic nitrogens is 3. The Morgan fingerprint density at radius 3 is 1.95 bits per heavy atom. The first-order valence-electron chi connectivity index (χ1n) is 18.7. The molecule has 0 spiro atoms. The molecule has 0 atom stereocenters. The van der Waals surface area contributed by atoms with Crippen molar-refractivity contribution in [3.8, 4) is 67.3 Å². The Morgan fingerprint density at radius 2 is 1.09 bits per heavy atom. The molecule has 262 valence electrons. The molecule has 4 heterocycles. The lowest BCUT2D eigenvalue weighted by Crippen LogP contribution is -1.96. The first-order chi connectivity index (χ1) is 27.7. The average molecular weight is 734 g/mol. The van der Waals surface area contributed by atoms with Gasteiger partial charge in [-0.15, -0.1) is 11.3 Å². The van der Waals surface area contributed by atoms with Crippen molar-refractivity contribution in [1.82, 2.24) is 15.0 Å². The fourth-order valence-electron chi connectivity index (χ4n) is 7.95. The lowest BCUT2D eigenvalue weighted by atomic mass is 9.92. The Morgan fingerprint density at radius 1 is 0.411 bits per heavy atom. The monoisotopic (exact) mass is 733 g/mol. The normalized spacial score (nSPS) is 11.6. The maximum atomic E-state index is 6.76. The standard InChI is InChI=1S/C51H31N3OS/c1-2-11-33(12-3-1)43-30-44(36-14-8-13-35(29-36)37-15-10-28-52-31-37)54-51(53-43)34-24-22-32(23-25-34)38-26-27-40(50-49(38)41-16-4-6-19-45(41)55-50)39-18-9-21-47-48(39)42-17-5-7-20-46(42)56-47/h1-31H. The van der Waals surface area contributed by atoms with Gasteiger partial charge in [0.1, 0.15) is 11.2 Å². The van der Waals surface area contributed by atoms with Gasteiger partial charge in [-0.3, -0.25) is 4.98 Å². The van der Waals surface area contributed by atoms with Gasteiger partial charge in [0, 0.05) is 71.2 Å². The molecule has 11 rings (SSSR count). The highest BCUT2D eigenvalue weighted by Gasteiger charge is 2.20. The third-order valence-electron chi connectivity index (χ3n) is 10.6. The molecule has 4 aromatic heterocycles. The van der Waals surface area contributed by atoms with Crippen LogP contribution in [0.4, 0.5) is 0 Å². The number of para-hydroxylation sites is 1. The lowest BCUT2D eigenvalue weighted by Gasteiger charge is -2.12. The maximum Gasteiger partial charge on any atom is 0.160 e. The van der Waals surface area contributed by atoms with Gasteiger partial charge in [-0.25, -0.2) is 9.97 Å². The van der Waals surface area contributed by atoms with E-state index in [1.165, 1.54) is 25.7 Å². The van der Waals surface area contributed by atoms with E-state index in [1.807, 2.05) is 47.9 Å². The molecule has 0 amide bonds. The van der Waals surface area contributed by atoms with E-state index in [-0.39, 0.29) is 0 Å². The molecule has 56 heavy (non-hydrogen) atoms. The first-order valence-corrected chi connectivity index (χ1v) is 19.5. The van der Waals surface area contributed by atoms with Crippen LogP contribution < -0.4 is 0 Å². The molecule has 0 bridgehead atoms. The topological polar surface area (TPSA) is 51.8 Å². The van der Waals surface area contributed by atoms with Crippen LogP contribution in [-0.4, -0.2) is 15.0 Å². The molecule has 0 saturated carbocycles. The fourth-order valence-corrected chi connectivity index (χ4v) is 9.08. The Labute approximate surface area is 327 Å². The largest absolute Gasteiger partial charge is 0.455 e. The highest BCUT2D eigenvalue weighted by Crippen LogP contribution is 2.46. The summed E-state index contributed by atoms with van der Waals surface area (Å²) in [4.78, 5) is 14.6. The molecular weight excluding hydrogens is 703 g/mol. The second-order valence-corrected chi connectivity index (χ2v) is 15.1. The third kappa shape index (κ3) is 5.48. The number of fused-ring (bicyclic) bond motifs is 6. The molecule has 0 aliphatic carbocycles. The van der Waals surface area contributed by atoms with Crippen LogP contribution in [0.5, 0.6) is 0 Å². The molecular formula is C51H31N3OS. The summed E-state index contributed by atoms with van der Waals surface area (Å²) in [5, 5.41) is 4.76. The van der Waals surface area contributed by atoms with Crippen molar-refractivity contribution in [2.75, 3.05) is 0 Å². The zero-order chi connectivity index (χ0) is 37.0. The van der Waals surface area contributed by atoms with Gasteiger partial charge in [-0.05, 0) is 64.7 Å². The number of rotatable bonds is 6. The number of nitrogens with zero attached hydrogens (tertiary/aromatic N) is 3. The van der Waals surface area contributed by atoms with Crippen molar-refractivity contribution in [2.45, 2.75) is 0 Å². The number of benzene rings is 7. The molecule has 0 fully saturated rings. The van der Waals surface area contributed by atoms with E-state index in [2.05, 4.69) is 151 Å². The molecule has 0 unspecified atom stereocenters. The summed E-state index contributed by atoms with van der Waals surface area (Å²) in [5.41, 5.74) is 13.1. The maximum absolute atomic E-state index is 6.76. The van der Waals surface area contributed by atoms with Gasteiger partial charge in [0.15, 0.2) is 5.82 Å². The van der Waals surface area contributed by atoms with Crippen LogP contribution in [0.3, 0.4) is 0 Å². The fraction of sp³-hybridized carbons (Fsp3) is 0. The highest BCUT2D eigenvalue weighted by atomic mass is 32.1. The van der Waals surface area contributed by atoms with Crippen LogP contribution in [0.2, 0.25) is 0 Å². The van der Waals surface area contributed by atoms with Crippen LogP contribution in [0.15, 0.2) is 193 Å². The molecule has 0 radical (unpaired) electrons. The zero-order valence-electron chi connectivity index (χ0n) is 30.1. The first kappa shape index (κ1) is 32.2. The van der Waals surface area contributed by atoms with Gasteiger partial charge in [-0.1, -0.05) is 133 Å². The minimum Gasteiger partial charge on any atom is -0.455 e. The number of hydrogen-bond acceptors (Lipinski definition) is 5. The van der Waals surface area contributed by atoms with Crippen molar-refractivity contribution in [3.63, 3.8) is 0 Å². The van der Waals surface area contributed by atoms with Crippen molar-refractivity contribution < 1.29 is 4.42 Å². The van der Waals surface area contributed by atoms with E-state index in [4.69, 9.17) is 14.4 Å². The molecule has 11 aromatic rings. The van der Waals surface area contributed by atoms with Gasteiger partial charge < -0.3 is 4.42 Å². The summed E-state index contributed by atoms with van der Waals surface area (Å²) in [5.74, 6) is 0.671. The summed E-state index contributed by atoms with van der Waals surface area (Å²) in [7, 11) is 0. The van der Waals surface area contributed by atoms with Crippen molar-refractivity contribution >= 4 is 53.4 Å². The van der Waals surface area contributed by atoms with E-state index in [1.54, 1.807) is 6.20 Å². The minimum absolute atomic E-state index is 0.671. The summed E-state index contributed by atoms with van der Waals surface area (Å²) in [6, 6.07) is 61.6. The highest BCUT2D eigenvalue weighted by molar-refractivity contribution is 7.25. The van der Waals surface area contributed by atoms with E-state index in [9.17, 15) is 0 Å². The molecule has 0 aliphatic heterocycles. The second kappa shape index (κ2) is 13.3. The van der Waals surface area contributed by atoms with Crippen LogP contribution in [0, 0.1) is 0 Å². The number of thiophene rings is 1. The minimum atomic E-state index is 0.671. The van der Waals surface area contributed by atoms with E-state index < -0.39 is 0 Å². The number of hydrogen-bond donors (Lipinski definition) is 0. The predicted molar refractivity (Wildman–Crippen MR) is 233 cm³/mol. The summed E-state index contributed by atoms with van der Waals surface area (Å²) in [6.07, 6.45) is 3.69. The smallest absolute Gasteiger partial charge is 0.160 e. The van der Waals surface area contributed by atoms with Gasteiger partial charge in [-0.2, -0.15) is 0 Å². The van der Waals surface area contributed by atoms with Crippen LogP contribution in [0.25, 0.3) is 109 Å². The van der Waals surface area contributed by atoms with Crippen LogP contribution >= 0.6 is 11.3 Å². The number of furan rings is 1. The molecule has 0 aliphatic rings. The summed E-state index contributed by atoms with van der Waals surface area (Å²) in [6.45, 7) is 0. The van der Waals surface area contributed by atoms with E-state index >= 15 is 0 Å². The van der Waals surface area contributed by atoms with E-state index in [0.717, 1.165) is 77.8 Å². The predicted octanol–water partition coefficient (Wildman–Crippen LogP) is 14.1. The van der Waals surface area contributed by atoms with Gasteiger partial charge in [0.05, 0.1) is 11.4 Å². The van der Waals surface area contributed by atoms with Crippen LogP contribution in [-0.2, 0) is 0 Å². The molecule has 7 aromatic carbocycles. The lowest BCUT2D eigenvalue weighted by molar-refractivity contribution is 0.670. The van der Waals surface area contributed by atoms with E-state index in [0.29, 0.717) is 5.82 Å². The SMILES string of the molecule is c1ccc(-c2cc(-c3cccc(-c4cccnc4)c3)nc(-c3ccc(-c4ccc(-c5cccc6sc7ccccc7c56)c5oc6ccccc6c45)cc3)n2)cc1. The summed E-state index contributed by atoms with van der Waals surface area (Å²) < 4.78 is 9.32. The van der Waals surface area contributed by atoms with Crippen molar-refractivity contribution in [2.24, 2.45) is 0 Å². The Balaban J connectivity index is 1.04. The molecule has 0 N–H and O–H groups in total. The van der Waals surface area contributed by atoms with Crippen molar-refractivity contribution in [3.05, 3.63) is 188 Å². The van der Waals surface area contributed by atoms with Gasteiger partial charge in [0.25, 0.3) is 0 Å². The third-order valence-corrected chi connectivity index (χ3v) is 11.8. The van der Waals surface area contributed by atoms with Gasteiger partial charge >= 0.3 is 0 Å². The van der Waals surface area contributed by atoms with Gasteiger partial charge in [0.2, 0.25) is 0 Å². The zero-order valence-corrected chi connectivity index (χ0v) is 30.9. The Bertz CT molecular complexity index is 3240. The molecule has 0 saturated heterocycles. The second-order valence-electron chi connectivity index (χ2n) is 14.0. The molecule has 5 heteroatoms. The van der Waals surface area contributed by atoms with Crippen LogP contribution in [0.1, 0.15) is 0 Å².